The Morgan fingerprint density at radius 1 is 0.404 bits per heavy atom. The van der Waals surface area contributed by atoms with Crippen molar-refractivity contribution in [3.8, 4) is 23.1 Å². The summed E-state index contributed by atoms with van der Waals surface area (Å²) >= 11 is 0. The molecule has 0 aliphatic rings. The fourth-order valence-electron chi connectivity index (χ4n) is 7.81. The second-order valence-corrected chi connectivity index (χ2v) is 12.1. The molecule has 0 bridgehead atoms. The van der Waals surface area contributed by atoms with E-state index in [0.29, 0.717) is 5.56 Å². The Morgan fingerprint density at radius 2 is 0.809 bits per heavy atom. The van der Waals surface area contributed by atoms with E-state index in [9.17, 15) is 5.26 Å². The maximum absolute atomic E-state index is 11.0. The van der Waals surface area contributed by atoms with Crippen LogP contribution in [0.1, 0.15) is 5.56 Å². The Morgan fingerprint density at radius 3 is 1.30 bits per heavy atom. The highest BCUT2D eigenvalue weighted by molar-refractivity contribution is 6.20. The van der Waals surface area contributed by atoms with Crippen molar-refractivity contribution in [1.29, 1.82) is 5.26 Å². The normalized spacial score (nSPS) is 11.8. The van der Waals surface area contributed by atoms with Crippen LogP contribution in [0.25, 0.3) is 82.5 Å². The molecule has 47 heavy (non-hydrogen) atoms. The monoisotopic (exact) mass is 598 g/mol. The maximum Gasteiger partial charge on any atom is 0.101 e. The van der Waals surface area contributed by atoms with Gasteiger partial charge in [-0.3, -0.25) is 0 Å². The van der Waals surface area contributed by atoms with Crippen LogP contribution in [0, 0.1) is 11.3 Å². The first kappa shape index (κ1) is 25.7. The minimum Gasteiger partial charge on any atom is -0.308 e. The average molecular weight is 599 g/mol. The Kier molecular flexibility index (Phi) is 5.32. The standard InChI is InChI=1S/C43H26N4/c44-27-28-26-40(46-35-21-9-4-16-30(35)31-17-5-10-22-36(31)46)43(47-37-23-11-6-18-32(37)33-19-7-12-24-38(33)47)41-34-20-8-13-25-39(34)45(42(28)41)29-14-2-1-3-15-29/h1-26H. The first-order chi connectivity index (χ1) is 23.3. The van der Waals surface area contributed by atoms with Gasteiger partial charge in [-0.05, 0) is 48.5 Å². The Hall–Kier alpha value is -6.57. The molecule has 0 fully saturated rings. The summed E-state index contributed by atoms with van der Waals surface area (Å²) in [4.78, 5) is 0. The van der Waals surface area contributed by atoms with Gasteiger partial charge in [-0.1, -0.05) is 109 Å². The molecular formula is C43H26N4. The van der Waals surface area contributed by atoms with E-state index in [1.165, 1.54) is 21.5 Å². The summed E-state index contributed by atoms with van der Waals surface area (Å²) in [5, 5.41) is 17.9. The van der Waals surface area contributed by atoms with Crippen LogP contribution in [0.2, 0.25) is 0 Å². The lowest BCUT2D eigenvalue weighted by Crippen LogP contribution is -2.06. The quantitative estimate of drug-likeness (QED) is 0.199. The van der Waals surface area contributed by atoms with Gasteiger partial charge in [-0.25, -0.2) is 0 Å². The number of hydrogen-bond acceptors (Lipinski definition) is 1. The molecule has 0 saturated heterocycles. The smallest absolute Gasteiger partial charge is 0.101 e. The minimum absolute atomic E-state index is 0.626. The summed E-state index contributed by atoms with van der Waals surface area (Å²) in [5.74, 6) is 0. The SMILES string of the molecule is N#Cc1cc(-n2c3ccccc3c3ccccc32)c(-n2c3ccccc3c3ccccc32)c2c3ccccc3n(-c3ccccc3)c12. The highest BCUT2D eigenvalue weighted by Gasteiger charge is 2.27. The molecule has 3 aromatic heterocycles. The molecule has 0 saturated carbocycles. The van der Waals surface area contributed by atoms with E-state index in [1.807, 2.05) is 6.07 Å². The molecule has 3 heterocycles. The molecule has 0 radical (unpaired) electrons. The predicted octanol–water partition coefficient (Wildman–Crippen LogP) is 10.8. The molecule has 0 aliphatic carbocycles. The molecule has 7 aromatic carbocycles. The molecule has 0 spiro atoms. The molecule has 218 valence electrons. The second-order valence-electron chi connectivity index (χ2n) is 12.1. The third-order valence-corrected chi connectivity index (χ3v) is 9.65. The van der Waals surface area contributed by atoms with E-state index < -0.39 is 0 Å². The first-order valence-electron chi connectivity index (χ1n) is 15.9. The van der Waals surface area contributed by atoms with Crippen molar-refractivity contribution in [2.24, 2.45) is 0 Å². The van der Waals surface area contributed by atoms with Crippen LogP contribution >= 0.6 is 0 Å². The van der Waals surface area contributed by atoms with Gasteiger partial charge >= 0.3 is 0 Å². The second kappa shape index (κ2) is 9.71. The topological polar surface area (TPSA) is 38.6 Å². The van der Waals surface area contributed by atoms with Gasteiger partial charge in [0.15, 0.2) is 0 Å². The maximum atomic E-state index is 11.0. The fraction of sp³-hybridized carbons (Fsp3) is 0. The highest BCUT2D eigenvalue weighted by atomic mass is 15.1. The van der Waals surface area contributed by atoms with Gasteiger partial charge in [0, 0.05) is 38.0 Å². The summed E-state index contributed by atoms with van der Waals surface area (Å²) in [7, 11) is 0. The summed E-state index contributed by atoms with van der Waals surface area (Å²) in [6, 6.07) is 58.2. The Labute approximate surface area is 270 Å². The largest absolute Gasteiger partial charge is 0.308 e. The Balaban J connectivity index is 1.53. The van der Waals surface area contributed by atoms with Gasteiger partial charge in [0.25, 0.3) is 0 Å². The molecule has 4 heteroatoms. The number of fused-ring (bicyclic) bond motifs is 9. The number of nitriles is 1. The summed E-state index contributed by atoms with van der Waals surface area (Å²) in [6.45, 7) is 0. The van der Waals surface area contributed by atoms with E-state index in [2.05, 4.69) is 171 Å². The zero-order valence-corrected chi connectivity index (χ0v) is 25.3. The van der Waals surface area contributed by atoms with E-state index in [0.717, 1.165) is 60.9 Å². The minimum atomic E-state index is 0.626. The van der Waals surface area contributed by atoms with Crippen molar-refractivity contribution in [2.45, 2.75) is 0 Å². The van der Waals surface area contributed by atoms with Crippen molar-refractivity contribution in [3.05, 3.63) is 163 Å². The van der Waals surface area contributed by atoms with Gasteiger partial charge in [0.2, 0.25) is 0 Å². The summed E-state index contributed by atoms with van der Waals surface area (Å²) in [5.41, 5.74) is 10.1. The molecule has 0 atom stereocenters. The van der Waals surface area contributed by atoms with Crippen LogP contribution < -0.4 is 0 Å². The number of aromatic nitrogens is 3. The lowest BCUT2D eigenvalue weighted by atomic mass is 10.0. The van der Waals surface area contributed by atoms with Crippen LogP contribution in [-0.2, 0) is 0 Å². The number of benzene rings is 7. The molecular weight excluding hydrogens is 573 g/mol. The van der Waals surface area contributed by atoms with E-state index in [1.54, 1.807) is 0 Å². The number of hydrogen-bond donors (Lipinski definition) is 0. The Bertz CT molecular complexity index is 2810. The zero-order chi connectivity index (χ0) is 31.1. The highest BCUT2D eigenvalue weighted by Crippen LogP contribution is 2.45. The van der Waals surface area contributed by atoms with Crippen molar-refractivity contribution >= 4 is 65.4 Å². The van der Waals surface area contributed by atoms with Gasteiger partial charge in [0.05, 0.1) is 50.0 Å². The molecule has 4 nitrogen and oxygen atoms in total. The van der Waals surface area contributed by atoms with E-state index in [-0.39, 0.29) is 0 Å². The molecule has 0 amide bonds. The van der Waals surface area contributed by atoms with Crippen molar-refractivity contribution in [1.82, 2.24) is 13.7 Å². The lowest BCUT2D eigenvalue weighted by molar-refractivity contribution is 1.10. The van der Waals surface area contributed by atoms with Crippen molar-refractivity contribution < 1.29 is 0 Å². The van der Waals surface area contributed by atoms with Gasteiger partial charge in [-0.2, -0.15) is 5.26 Å². The lowest BCUT2D eigenvalue weighted by Gasteiger charge is -2.20. The van der Waals surface area contributed by atoms with E-state index >= 15 is 0 Å². The molecule has 10 rings (SSSR count). The number of nitrogens with zero attached hydrogens (tertiary/aromatic N) is 4. The molecule has 0 aliphatic heterocycles. The van der Waals surface area contributed by atoms with E-state index in [4.69, 9.17) is 0 Å². The average Bonchev–Trinajstić information content (AvgIpc) is 3.78. The third kappa shape index (κ3) is 3.46. The van der Waals surface area contributed by atoms with Crippen LogP contribution in [-0.4, -0.2) is 13.7 Å². The third-order valence-electron chi connectivity index (χ3n) is 9.65. The van der Waals surface area contributed by atoms with Gasteiger partial charge in [-0.15, -0.1) is 0 Å². The van der Waals surface area contributed by atoms with Crippen LogP contribution in [0.4, 0.5) is 0 Å². The predicted molar refractivity (Wildman–Crippen MR) is 194 cm³/mol. The van der Waals surface area contributed by atoms with Crippen molar-refractivity contribution in [3.63, 3.8) is 0 Å². The molecule has 0 N–H and O–H groups in total. The van der Waals surface area contributed by atoms with Crippen LogP contribution in [0.5, 0.6) is 0 Å². The number of rotatable bonds is 3. The van der Waals surface area contributed by atoms with Crippen LogP contribution in [0.3, 0.4) is 0 Å². The fourth-order valence-corrected chi connectivity index (χ4v) is 7.81. The molecule has 0 unspecified atom stereocenters. The van der Waals surface area contributed by atoms with Crippen LogP contribution in [0.15, 0.2) is 158 Å². The summed E-state index contributed by atoms with van der Waals surface area (Å²) < 4.78 is 7.05. The van der Waals surface area contributed by atoms with Crippen molar-refractivity contribution in [2.75, 3.05) is 0 Å². The van der Waals surface area contributed by atoms with Gasteiger partial charge < -0.3 is 13.7 Å². The molecule has 10 aromatic rings. The first-order valence-corrected chi connectivity index (χ1v) is 15.9. The zero-order valence-electron chi connectivity index (χ0n) is 25.3. The van der Waals surface area contributed by atoms with Gasteiger partial charge in [0.1, 0.15) is 6.07 Å². The number of para-hydroxylation sites is 6. The summed E-state index contributed by atoms with van der Waals surface area (Å²) in [6.07, 6.45) is 0.